The van der Waals surface area contributed by atoms with Gasteiger partial charge in [-0.15, -0.1) is 0 Å². The van der Waals surface area contributed by atoms with E-state index in [9.17, 15) is 4.79 Å². The molecule has 1 rings (SSSR count). The van der Waals surface area contributed by atoms with Crippen LogP contribution in [0.15, 0.2) is 6.07 Å². The SMILES string of the molecule is CCCCc1cc(N)n(CC(=O)OC(C)(C)C)n1. The molecule has 0 spiro atoms. The number of nitrogen functional groups attached to an aromatic ring is 1. The van der Waals surface area contributed by atoms with Gasteiger partial charge >= 0.3 is 5.97 Å². The Morgan fingerprint density at radius 3 is 2.72 bits per heavy atom. The summed E-state index contributed by atoms with van der Waals surface area (Å²) in [5, 5.41) is 4.31. The van der Waals surface area contributed by atoms with Gasteiger partial charge in [0.1, 0.15) is 18.0 Å². The molecule has 102 valence electrons. The predicted octanol–water partition coefficient (Wildman–Crippen LogP) is 2.15. The summed E-state index contributed by atoms with van der Waals surface area (Å²) in [6, 6.07) is 1.82. The lowest BCUT2D eigenvalue weighted by Crippen LogP contribution is -2.27. The van der Waals surface area contributed by atoms with Crippen molar-refractivity contribution < 1.29 is 9.53 Å². The topological polar surface area (TPSA) is 70.1 Å². The minimum Gasteiger partial charge on any atom is -0.459 e. The molecular weight excluding hydrogens is 230 g/mol. The minimum atomic E-state index is -0.482. The molecule has 5 heteroatoms. The molecule has 2 N–H and O–H groups in total. The number of anilines is 1. The Kier molecular flexibility index (Phi) is 4.76. The van der Waals surface area contributed by atoms with Crippen molar-refractivity contribution in [2.75, 3.05) is 5.73 Å². The van der Waals surface area contributed by atoms with Crippen LogP contribution in [-0.2, 0) is 22.5 Å². The van der Waals surface area contributed by atoms with Crippen molar-refractivity contribution in [2.24, 2.45) is 0 Å². The largest absolute Gasteiger partial charge is 0.459 e. The monoisotopic (exact) mass is 253 g/mol. The Bertz CT molecular complexity index is 405. The molecule has 0 saturated carbocycles. The lowest BCUT2D eigenvalue weighted by molar-refractivity contribution is -0.155. The van der Waals surface area contributed by atoms with Crippen LogP contribution < -0.4 is 5.73 Å². The molecule has 1 aromatic rings. The number of nitrogens with two attached hydrogens (primary N) is 1. The van der Waals surface area contributed by atoms with E-state index in [-0.39, 0.29) is 12.5 Å². The van der Waals surface area contributed by atoms with Gasteiger partial charge < -0.3 is 10.5 Å². The van der Waals surface area contributed by atoms with Crippen molar-refractivity contribution in [3.63, 3.8) is 0 Å². The number of aromatic nitrogens is 2. The first-order valence-corrected chi connectivity index (χ1v) is 6.36. The molecular formula is C13H23N3O2. The van der Waals surface area contributed by atoms with Crippen molar-refractivity contribution in [1.82, 2.24) is 9.78 Å². The Morgan fingerprint density at radius 1 is 1.50 bits per heavy atom. The van der Waals surface area contributed by atoms with E-state index in [4.69, 9.17) is 10.5 Å². The van der Waals surface area contributed by atoms with E-state index >= 15 is 0 Å². The second-order valence-corrected chi connectivity index (χ2v) is 5.41. The van der Waals surface area contributed by atoms with E-state index < -0.39 is 5.60 Å². The van der Waals surface area contributed by atoms with Crippen LogP contribution in [0.5, 0.6) is 0 Å². The van der Waals surface area contributed by atoms with Gasteiger partial charge in [0, 0.05) is 6.07 Å². The van der Waals surface area contributed by atoms with E-state index in [2.05, 4.69) is 12.0 Å². The highest BCUT2D eigenvalue weighted by Crippen LogP contribution is 2.12. The van der Waals surface area contributed by atoms with Gasteiger partial charge in [0.05, 0.1) is 5.69 Å². The first kappa shape index (κ1) is 14.5. The quantitative estimate of drug-likeness (QED) is 0.816. The van der Waals surface area contributed by atoms with Gasteiger partial charge in [0.2, 0.25) is 0 Å². The highest BCUT2D eigenvalue weighted by Gasteiger charge is 2.17. The van der Waals surface area contributed by atoms with Crippen LogP contribution in [0.4, 0.5) is 5.82 Å². The molecule has 0 saturated heterocycles. The summed E-state index contributed by atoms with van der Waals surface area (Å²) in [6.07, 6.45) is 3.07. The lowest BCUT2D eigenvalue weighted by Gasteiger charge is -2.19. The zero-order chi connectivity index (χ0) is 13.8. The third-order valence-electron chi connectivity index (χ3n) is 2.35. The number of unbranched alkanes of at least 4 members (excludes halogenated alkanes) is 1. The molecule has 0 radical (unpaired) electrons. The average Bonchev–Trinajstić information content (AvgIpc) is 2.53. The predicted molar refractivity (Wildman–Crippen MR) is 71.1 cm³/mol. The molecule has 0 amide bonds. The van der Waals surface area contributed by atoms with E-state index in [1.54, 1.807) is 0 Å². The number of ether oxygens (including phenoxy) is 1. The van der Waals surface area contributed by atoms with E-state index in [0.717, 1.165) is 25.0 Å². The van der Waals surface area contributed by atoms with Crippen LogP contribution >= 0.6 is 0 Å². The maximum atomic E-state index is 11.7. The van der Waals surface area contributed by atoms with Crippen LogP contribution in [0, 0.1) is 0 Å². The summed E-state index contributed by atoms with van der Waals surface area (Å²) in [6.45, 7) is 7.70. The molecule has 1 heterocycles. The van der Waals surface area contributed by atoms with Crippen LogP contribution in [0.1, 0.15) is 46.2 Å². The molecule has 18 heavy (non-hydrogen) atoms. The number of rotatable bonds is 5. The molecule has 5 nitrogen and oxygen atoms in total. The van der Waals surface area contributed by atoms with Crippen LogP contribution in [0.2, 0.25) is 0 Å². The maximum absolute atomic E-state index is 11.7. The fourth-order valence-corrected chi connectivity index (χ4v) is 1.59. The number of aryl methyl sites for hydroxylation is 1. The lowest BCUT2D eigenvalue weighted by atomic mass is 10.2. The number of hydrogen-bond donors (Lipinski definition) is 1. The molecule has 0 aliphatic rings. The third kappa shape index (κ3) is 4.77. The molecule has 0 bridgehead atoms. The number of hydrogen-bond acceptors (Lipinski definition) is 4. The molecule has 0 atom stereocenters. The van der Waals surface area contributed by atoms with E-state index in [0.29, 0.717) is 5.82 Å². The second kappa shape index (κ2) is 5.89. The van der Waals surface area contributed by atoms with Crippen LogP contribution in [0.3, 0.4) is 0 Å². The number of carbonyl (C=O) groups excluding carboxylic acids is 1. The van der Waals surface area contributed by atoms with Gasteiger partial charge in [0.25, 0.3) is 0 Å². The summed E-state index contributed by atoms with van der Waals surface area (Å²) < 4.78 is 6.73. The maximum Gasteiger partial charge on any atom is 0.328 e. The standard InChI is InChI=1S/C13H23N3O2/c1-5-6-7-10-8-11(14)16(15-10)9-12(17)18-13(2,3)4/h8H,5-7,9,14H2,1-4H3. The Hall–Kier alpha value is -1.52. The molecule has 0 unspecified atom stereocenters. The number of nitrogens with zero attached hydrogens (tertiary/aromatic N) is 2. The fraction of sp³-hybridized carbons (Fsp3) is 0.692. The Labute approximate surface area is 108 Å². The molecule has 1 aromatic heterocycles. The van der Waals surface area contributed by atoms with Crippen molar-refractivity contribution in [3.8, 4) is 0 Å². The van der Waals surface area contributed by atoms with Gasteiger partial charge in [-0.3, -0.25) is 4.79 Å². The summed E-state index contributed by atoms with van der Waals surface area (Å²) >= 11 is 0. The van der Waals surface area contributed by atoms with Gasteiger partial charge in [0.15, 0.2) is 0 Å². The summed E-state index contributed by atoms with van der Waals surface area (Å²) in [5.41, 5.74) is 6.26. The van der Waals surface area contributed by atoms with Crippen molar-refractivity contribution >= 4 is 11.8 Å². The summed E-state index contributed by atoms with van der Waals surface area (Å²) in [7, 11) is 0. The van der Waals surface area contributed by atoms with Crippen molar-refractivity contribution in [1.29, 1.82) is 0 Å². The second-order valence-electron chi connectivity index (χ2n) is 5.41. The number of esters is 1. The Balaban J connectivity index is 2.61. The highest BCUT2D eigenvalue weighted by molar-refractivity contribution is 5.70. The molecule has 0 fully saturated rings. The molecule has 0 aliphatic carbocycles. The smallest absolute Gasteiger partial charge is 0.328 e. The van der Waals surface area contributed by atoms with Gasteiger partial charge in [-0.25, -0.2) is 4.68 Å². The normalized spacial score (nSPS) is 11.6. The molecule has 0 aromatic carbocycles. The first-order chi connectivity index (χ1) is 8.31. The van der Waals surface area contributed by atoms with Crippen molar-refractivity contribution in [2.45, 2.75) is 59.1 Å². The average molecular weight is 253 g/mol. The molecule has 0 aliphatic heterocycles. The highest BCUT2D eigenvalue weighted by atomic mass is 16.6. The summed E-state index contributed by atoms with van der Waals surface area (Å²) in [4.78, 5) is 11.7. The van der Waals surface area contributed by atoms with Crippen LogP contribution in [0.25, 0.3) is 0 Å². The van der Waals surface area contributed by atoms with Gasteiger partial charge in [-0.1, -0.05) is 13.3 Å². The zero-order valence-corrected chi connectivity index (χ0v) is 11.7. The third-order valence-corrected chi connectivity index (χ3v) is 2.35. The fourth-order valence-electron chi connectivity index (χ4n) is 1.59. The zero-order valence-electron chi connectivity index (χ0n) is 11.7. The first-order valence-electron chi connectivity index (χ1n) is 6.36. The Morgan fingerprint density at radius 2 is 2.17 bits per heavy atom. The van der Waals surface area contributed by atoms with E-state index in [1.165, 1.54) is 4.68 Å². The summed E-state index contributed by atoms with van der Waals surface area (Å²) in [5.74, 6) is 0.186. The minimum absolute atomic E-state index is 0.0647. The van der Waals surface area contributed by atoms with Crippen LogP contribution in [-0.4, -0.2) is 21.4 Å². The number of carbonyl (C=O) groups is 1. The van der Waals surface area contributed by atoms with Gasteiger partial charge in [-0.05, 0) is 33.6 Å². The van der Waals surface area contributed by atoms with E-state index in [1.807, 2.05) is 26.8 Å². The van der Waals surface area contributed by atoms with Crippen molar-refractivity contribution in [3.05, 3.63) is 11.8 Å². The van der Waals surface area contributed by atoms with Gasteiger partial charge in [-0.2, -0.15) is 5.10 Å².